The fourth-order valence-electron chi connectivity index (χ4n) is 3.41. The Morgan fingerprint density at radius 1 is 0.903 bits per heavy atom. The summed E-state index contributed by atoms with van der Waals surface area (Å²) < 4.78 is 61.9. The molecule has 1 aromatic heterocycles. The molecule has 0 fully saturated rings. The highest BCUT2D eigenvalue weighted by molar-refractivity contribution is 5.84. The zero-order valence-electron chi connectivity index (χ0n) is 16.3. The number of halogens is 4. The van der Waals surface area contributed by atoms with Gasteiger partial charge in [0.05, 0.1) is 16.6 Å². The number of rotatable bonds is 5. The summed E-state index contributed by atoms with van der Waals surface area (Å²) in [5.41, 5.74) is 1.07. The number of imidazole rings is 1. The SMILES string of the molecule is CC(=O)OCc1c(Cc2c(F)cccc2F)ccc2[nH]c(-c3c(F)cccc3F)nc12. The van der Waals surface area contributed by atoms with Crippen LogP contribution in [0.3, 0.4) is 0 Å². The van der Waals surface area contributed by atoms with Crippen molar-refractivity contribution in [2.24, 2.45) is 0 Å². The van der Waals surface area contributed by atoms with Crippen molar-refractivity contribution in [2.45, 2.75) is 20.0 Å². The molecule has 1 N–H and O–H groups in total. The number of H-pyrrole nitrogens is 1. The van der Waals surface area contributed by atoms with Gasteiger partial charge < -0.3 is 9.72 Å². The number of ether oxygens (including phenoxy) is 1. The summed E-state index contributed by atoms with van der Waals surface area (Å²) in [6.07, 6.45) is -0.124. The third-order valence-electron chi connectivity index (χ3n) is 4.90. The maximum atomic E-state index is 14.2. The number of nitrogens with one attached hydrogen (secondary N) is 1. The molecule has 8 heteroatoms. The molecule has 0 saturated carbocycles. The van der Waals surface area contributed by atoms with Crippen LogP contribution in [0.4, 0.5) is 17.6 Å². The minimum Gasteiger partial charge on any atom is -0.461 e. The van der Waals surface area contributed by atoms with E-state index in [2.05, 4.69) is 9.97 Å². The molecule has 31 heavy (non-hydrogen) atoms. The second-order valence-electron chi connectivity index (χ2n) is 6.94. The van der Waals surface area contributed by atoms with E-state index in [1.54, 1.807) is 12.1 Å². The van der Waals surface area contributed by atoms with Gasteiger partial charge in [-0.1, -0.05) is 18.2 Å². The van der Waals surface area contributed by atoms with Gasteiger partial charge in [-0.3, -0.25) is 4.79 Å². The van der Waals surface area contributed by atoms with E-state index in [9.17, 15) is 22.4 Å². The summed E-state index contributed by atoms with van der Waals surface area (Å²) >= 11 is 0. The minimum absolute atomic E-state index is 0.0519. The summed E-state index contributed by atoms with van der Waals surface area (Å²) in [4.78, 5) is 18.5. The number of aromatic nitrogens is 2. The fourth-order valence-corrected chi connectivity index (χ4v) is 3.41. The number of esters is 1. The van der Waals surface area contributed by atoms with Gasteiger partial charge in [-0.25, -0.2) is 22.5 Å². The van der Waals surface area contributed by atoms with E-state index < -0.39 is 29.2 Å². The zero-order valence-corrected chi connectivity index (χ0v) is 16.3. The number of hydrogen-bond acceptors (Lipinski definition) is 3. The predicted octanol–water partition coefficient (Wildman–Crippen LogP) is 5.44. The van der Waals surface area contributed by atoms with Crippen LogP contribution in [0.2, 0.25) is 0 Å². The minimum atomic E-state index is -0.797. The first kappa shape index (κ1) is 20.6. The summed E-state index contributed by atoms with van der Waals surface area (Å²) in [6, 6.07) is 10.2. The van der Waals surface area contributed by atoms with Gasteiger partial charge in [0.15, 0.2) is 0 Å². The van der Waals surface area contributed by atoms with Gasteiger partial charge in [-0.15, -0.1) is 0 Å². The predicted molar refractivity (Wildman–Crippen MR) is 106 cm³/mol. The van der Waals surface area contributed by atoms with Crippen LogP contribution in [0, 0.1) is 23.3 Å². The Morgan fingerprint density at radius 2 is 1.52 bits per heavy atom. The third-order valence-corrected chi connectivity index (χ3v) is 4.90. The highest BCUT2D eigenvalue weighted by Gasteiger charge is 2.20. The lowest BCUT2D eigenvalue weighted by Crippen LogP contribution is -2.05. The van der Waals surface area contributed by atoms with Crippen molar-refractivity contribution >= 4 is 17.0 Å². The smallest absolute Gasteiger partial charge is 0.302 e. The lowest BCUT2D eigenvalue weighted by Gasteiger charge is -2.12. The van der Waals surface area contributed by atoms with Crippen LogP contribution >= 0.6 is 0 Å². The van der Waals surface area contributed by atoms with Crippen LogP contribution in [0.5, 0.6) is 0 Å². The average Bonchev–Trinajstić information content (AvgIpc) is 3.13. The van der Waals surface area contributed by atoms with Gasteiger partial charge in [0.1, 0.15) is 35.7 Å². The number of benzene rings is 3. The summed E-state index contributed by atoms with van der Waals surface area (Å²) in [5.74, 6) is -3.63. The van der Waals surface area contributed by atoms with Gasteiger partial charge in [0.2, 0.25) is 0 Å². The molecule has 4 rings (SSSR count). The molecule has 0 aliphatic heterocycles. The largest absolute Gasteiger partial charge is 0.461 e. The quantitative estimate of drug-likeness (QED) is 0.340. The lowest BCUT2D eigenvalue weighted by atomic mass is 9.98. The first-order valence-electron chi connectivity index (χ1n) is 9.36. The van der Waals surface area contributed by atoms with E-state index >= 15 is 0 Å². The number of carbonyl (C=O) groups excluding carboxylic acids is 1. The highest BCUT2D eigenvalue weighted by Crippen LogP contribution is 2.30. The molecular weight excluding hydrogens is 412 g/mol. The number of nitrogens with zero attached hydrogens (tertiary/aromatic N) is 1. The van der Waals surface area contributed by atoms with E-state index in [1.165, 1.54) is 19.1 Å². The molecule has 0 radical (unpaired) electrons. The van der Waals surface area contributed by atoms with Gasteiger partial charge in [0, 0.05) is 24.5 Å². The second-order valence-corrected chi connectivity index (χ2v) is 6.94. The van der Waals surface area contributed by atoms with E-state index in [-0.39, 0.29) is 35.5 Å². The van der Waals surface area contributed by atoms with Crippen molar-refractivity contribution < 1.29 is 27.1 Å². The molecule has 0 atom stereocenters. The average molecular weight is 428 g/mol. The highest BCUT2D eigenvalue weighted by atomic mass is 19.1. The van der Waals surface area contributed by atoms with Crippen LogP contribution in [0.1, 0.15) is 23.6 Å². The van der Waals surface area contributed by atoms with Gasteiger partial charge >= 0.3 is 5.97 Å². The Hall–Kier alpha value is -3.68. The monoisotopic (exact) mass is 428 g/mol. The molecule has 0 amide bonds. The normalized spacial score (nSPS) is 11.1. The van der Waals surface area contributed by atoms with E-state index in [4.69, 9.17) is 4.74 Å². The molecule has 1 heterocycles. The van der Waals surface area contributed by atoms with Crippen molar-refractivity contribution in [3.63, 3.8) is 0 Å². The number of fused-ring (bicyclic) bond motifs is 1. The van der Waals surface area contributed by atoms with E-state index in [0.29, 0.717) is 16.6 Å². The lowest BCUT2D eigenvalue weighted by molar-refractivity contribution is -0.142. The first-order chi connectivity index (χ1) is 14.8. The Morgan fingerprint density at radius 3 is 2.13 bits per heavy atom. The summed E-state index contributed by atoms with van der Waals surface area (Å²) in [7, 11) is 0. The van der Waals surface area contributed by atoms with Crippen molar-refractivity contribution in [1.29, 1.82) is 0 Å². The second kappa shape index (κ2) is 8.22. The fraction of sp³-hybridized carbons (Fsp3) is 0.130. The van der Waals surface area contributed by atoms with Crippen LogP contribution in [0.25, 0.3) is 22.4 Å². The zero-order chi connectivity index (χ0) is 22.1. The molecule has 4 nitrogen and oxygen atoms in total. The molecule has 0 aliphatic carbocycles. The Labute approximate surface area is 174 Å². The number of hydrogen-bond donors (Lipinski definition) is 1. The first-order valence-corrected chi connectivity index (χ1v) is 9.36. The number of carbonyl (C=O) groups is 1. The third kappa shape index (κ3) is 4.01. The van der Waals surface area contributed by atoms with Crippen LogP contribution < -0.4 is 0 Å². The Kier molecular flexibility index (Phi) is 5.46. The number of aromatic amines is 1. The van der Waals surface area contributed by atoms with Crippen molar-refractivity contribution in [1.82, 2.24) is 9.97 Å². The van der Waals surface area contributed by atoms with E-state index in [0.717, 1.165) is 24.3 Å². The topological polar surface area (TPSA) is 55.0 Å². The van der Waals surface area contributed by atoms with Crippen molar-refractivity contribution in [3.8, 4) is 11.4 Å². The summed E-state index contributed by atoms with van der Waals surface area (Å²) in [6.45, 7) is 1.00. The maximum Gasteiger partial charge on any atom is 0.302 e. The van der Waals surface area contributed by atoms with Gasteiger partial charge in [-0.05, 0) is 35.9 Å². The van der Waals surface area contributed by atoms with Crippen LogP contribution in [0.15, 0.2) is 48.5 Å². The molecule has 0 saturated heterocycles. The summed E-state index contributed by atoms with van der Waals surface area (Å²) in [5, 5.41) is 0. The molecule has 0 unspecified atom stereocenters. The molecule has 158 valence electrons. The van der Waals surface area contributed by atoms with Crippen molar-refractivity contribution in [2.75, 3.05) is 0 Å². The maximum absolute atomic E-state index is 14.2. The molecule has 0 bridgehead atoms. The molecule has 0 spiro atoms. The van der Waals surface area contributed by atoms with Crippen LogP contribution in [-0.2, 0) is 22.6 Å². The Balaban J connectivity index is 1.87. The van der Waals surface area contributed by atoms with Gasteiger partial charge in [-0.2, -0.15) is 0 Å². The molecular formula is C23H16F4N2O2. The Bertz CT molecular complexity index is 1260. The molecule has 3 aromatic carbocycles. The van der Waals surface area contributed by atoms with Crippen LogP contribution in [-0.4, -0.2) is 15.9 Å². The van der Waals surface area contributed by atoms with Gasteiger partial charge in [0.25, 0.3) is 0 Å². The van der Waals surface area contributed by atoms with Crippen molar-refractivity contribution in [3.05, 3.63) is 88.5 Å². The van der Waals surface area contributed by atoms with E-state index in [1.807, 2.05) is 0 Å². The standard InChI is InChI=1S/C23H16F4N2O2/c1-12(30)31-11-15-13(10-14-16(24)4-2-5-17(14)25)8-9-20-22(15)29-23(28-20)21-18(26)6-3-7-19(21)27/h2-9H,10-11H2,1H3,(H,28,29). The molecule has 0 aliphatic rings. The molecule has 4 aromatic rings.